The van der Waals surface area contributed by atoms with Crippen LogP contribution >= 0.6 is 0 Å². The zero-order valence-electron chi connectivity index (χ0n) is 19.8. The summed E-state index contributed by atoms with van der Waals surface area (Å²) in [5.41, 5.74) is 1.59. The van der Waals surface area contributed by atoms with Crippen molar-refractivity contribution in [2.24, 2.45) is 5.92 Å². The lowest BCUT2D eigenvalue weighted by atomic mass is 9.95. The number of hydrogen-bond acceptors (Lipinski definition) is 7. The van der Waals surface area contributed by atoms with E-state index in [1.807, 2.05) is 32.9 Å². The van der Waals surface area contributed by atoms with Crippen LogP contribution in [-0.2, 0) is 16.1 Å². The number of aliphatic hydroxyl groups is 1. The van der Waals surface area contributed by atoms with Gasteiger partial charge < -0.3 is 24.4 Å². The summed E-state index contributed by atoms with van der Waals surface area (Å²) < 4.78 is 10.3. The van der Waals surface area contributed by atoms with Crippen molar-refractivity contribution in [2.45, 2.75) is 45.8 Å². The van der Waals surface area contributed by atoms with Gasteiger partial charge in [-0.3, -0.25) is 4.90 Å². The number of aliphatic hydroxyl groups excluding tert-OH is 1. The highest BCUT2D eigenvalue weighted by atomic mass is 16.6. The molecule has 0 radical (unpaired) electrons. The molecule has 2 saturated heterocycles. The molecule has 2 aliphatic heterocycles. The highest BCUT2D eigenvalue weighted by Gasteiger charge is 2.28. The van der Waals surface area contributed by atoms with E-state index in [4.69, 9.17) is 9.47 Å². The first kappa shape index (κ1) is 24.3. The molecule has 0 aliphatic carbocycles. The Bertz CT molecular complexity index is 791. The summed E-state index contributed by atoms with van der Waals surface area (Å²) >= 11 is 0. The third kappa shape index (κ3) is 6.36. The Kier molecular flexibility index (Phi) is 8.00. The van der Waals surface area contributed by atoms with Crippen LogP contribution in [0.5, 0.6) is 0 Å². The molecule has 8 heteroatoms. The van der Waals surface area contributed by atoms with Gasteiger partial charge in [0.15, 0.2) is 0 Å². The van der Waals surface area contributed by atoms with Crippen molar-refractivity contribution in [3.63, 3.8) is 0 Å². The van der Waals surface area contributed by atoms with E-state index in [1.54, 1.807) is 11.0 Å². The molecule has 8 nitrogen and oxygen atoms in total. The SMILES string of the molecule is COC(=O)c1ccc(N2CCC(CN3CCN(C(=O)OC(C)(C)C)CC3)CC2)cc1CO. The van der Waals surface area contributed by atoms with Gasteiger partial charge in [0.05, 0.1) is 19.3 Å². The molecule has 0 spiro atoms. The van der Waals surface area contributed by atoms with Crippen LogP contribution in [0.1, 0.15) is 49.5 Å². The number of ether oxygens (including phenoxy) is 2. The van der Waals surface area contributed by atoms with Gasteiger partial charge in [0.1, 0.15) is 5.60 Å². The molecule has 1 aromatic rings. The molecule has 0 saturated carbocycles. The second-order valence-electron chi connectivity index (χ2n) is 9.69. The molecule has 2 fully saturated rings. The number of rotatable bonds is 5. The standard InChI is InChI=1S/C24H37N3O5/c1-24(2,3)32-23(30)27-13-11-25(12-14-27)16-18-7-9-26(10-8-18)20-5-6-21(22(29)31-4)19(15-20)17-28/h5-6,15,18,28H,7-14,16-17H2,1-4H3. The van der Waals surface area contributed by atoms with Crippen LogP contribution in [0, 0.1) is 5.92 Å². The van der Waals surface area contributed by atoms with E-state index in [0.717, 1.165) is 51.3 Å². The minimum Gasteiger partial charge on any atom is -0.465 e. The van der Waals surface area contributed by atoms with Crippen LogP contribution < -0.4 is 4.90 Å². The molecular formula is C24H37N3O5. The number of esters is 1. The van der Waals surface area contributed by atoms with Crippen LogP contribution in [0.2, 0.25) is 0 Å². The van der Waals surface area contributed by atoms with Gasteiger partial charge in [0.2, 0.25) is 0 Å². The normalized spacial score (nSPS) is 18.5. The van der Waals surface area contributed by atoms with Gasteiger partial charge in [-0.05, 0) is 63.3 Å². The van der Waals surface area contributed by atoms with E-state index in [2.05, 4.69) is 9.80 Å². The largest absolute Gasteiger partial charge is 0.465 e. The Morgan fingerprint density at radius 2 is 1.72 bits per heavy atom. The molecule has 1 aromatic carbocycles. The number of nitrogens with zero attached hydrogens (tertiary/aromatic N) is 3. The molecule has 2 heterocycles. The predicted molar refractivity (Wildman–Crippen MR) is 123 cm³/mol. The predicted octanol–water partition coefficient (Wildman–Crippen LogP) is 2.73. The van der Waals surface area contributed by atoms with E-state index >= 15 is 0 Å². The molecule has 0 unspecified atom stereocenters. The van der Waals surface area contributed by atoms with Crippen molar-refractivity contribution in [3.8, 4) is 0 Å². The molecule has 2 aliphatic rings. The smallest absolute Gasteiger partial charge is 0.410 e. The van der Waals surface area contributed by atoms with Gasteiger partial charge in [0, 0.05) is 51.5 Å². The lowest BCUT2D eigenvalue weighted by Crippen LogP contribution is -2.51. The monoisotopic (exact) mass is 447 g/mol. The summed E-state index contributed by atoms with van der Waals surface area (Å²) in [5.74, 6) is 0.206. The average molecular weight is 448 g/mol. The number of piperidine rings is 1. The van der Waals surface area contributed by atoms with Crippen LogP contribution in [0.15, 0.2) is 18.2 Å². The first-order chi connectivity index (χ1) is 15.2. The topological polar surface area (TPSA) is 82.6 Å². The van der Waals surface area contributed by atoms with Crippen LogP contribution in [0.3, 0.4) is 0 Å². The summed E-state index contributed by atoms with van der Waals surface area (Å²) in [6.07, 6.45) is 1.98. The Balaban J connectivity index is 1.46. The fourth-order valence-corrected chi connectivity index (χ4v) is 4.40. The first-order valence-electron chi connectivity index (χ1n) is 11.5. The van der Waals surface area contributed by atoms with Crippen molar-refractivity contribution in [2.75, 3.05) is 57.8 Å². The molecule has 1 N–H and O–H groups in total. The third-order valence-corrected chi connectivity index (χ3v) is 6.18. The summed E-state index contributed by atoms with van der Waals surface area (Å²) in [7, 11) is 1.35. The molecular weight excluding hydrogens is 410 g/mol. The molecule has 3 rings (SSSR count). The number of carbonyl (C=O) groups is 2. The number of methoxy groups -OCH3 is 1. The van der Waals surface area contributed by atoms with Gasteiger partial charge in [-0.15, -0.1) is 0 Å². The van der Waals surface area contributed by atoms with E-state index in [0.29, 0.717) is 30.1 Å². The fraction of sp³-hybridized carbons (Fsp3) is 0.667. The quantitative estimate of drug-likeness (QED) is 0.695. The number of amides is 1. The maximum absolute atomic E-state index is 12.2. The van der Waals surface area contributed by atoms with Gasteiger partial charge >= 0.3 is 12.1 Å². The van der Waals surface area contributed by atoms with E-state index in [-0.39, 0.29) is 12.7 Å². The van der Waals surface area contributed by atoms with E-state index in [9.17, 15) is 14.7 Å². The van der Waals surface area contributed by atoms with E-state index < -0.39 is 11.6 Å². The number of benzene rings is 1. The third-order valence-electron chi connectivity index (χ3n) is 6.18. The zero-order chi connectivity index (χ0) is 23.3. The molecule has 0 atom stereocenters. The van der Waals surface area contributed by atoms with Gasteiger partial charge in [-0.1, -0.05) is 0 Å². The molecule has 1 amide bonds. The van der Waals surface area contributed by atoms with Gasteiger partial charge in [0.25, 0.3) is 0 Å². The van der Waals surface area contributed by atoms with Crippen LogP contribution in [0.25, 0.3) is 0 Å². The van der Waals surface area contributed by atoms with Gasteiger partial charge in [-0.25, -0.2) is 9.59 Å². The summed E-state index contributed by atoms with van der Waals surface area (Å²) in [6.45, 7) is 11.6. The lowest BCUT2D eigenvalue weighted by molar-refractivity contribution is 0.0130. The summed E-state index contributed by atoms with van der Waals surface area (Å²) in [4.78, 5) is 30.7. The van der Waals surface area contributed by atoms with Crippen molar-refractivity contribution >= 4 is 17.7 Å². The summed E-state index contributed by atoms with van der Waals surface area (Å²) in [5, 5.41) is 9.65. The second kappa shape index (κ2) is 10.5. The summed E-state index contributed by atoms with van der Waals surface area (Å²) in [6, 6.07) is 5.56. The van der Waals surface area contributed by atoms with Gasteiger partial charge in [-0.2, -0.15) is 0 Å². The number of piperazine rings is 1. The number of anilines is 1. The van der Waals surface area contributed by atoms with Crippen molar-refractivity contribution in [1.82, 2.24) is 9.80 Å². The molecule has 0 bridgehead atoms. The second-order valence-corrected chi connectivity index (χ2v) is 9.69. The lowest BCUT2D eigenvalue weighted by Gasteiger charge is -2.39. The number of carbonyl (C=O) groups excluding carboxylic acids is 2. The number of hydrogen-bond donors (Lipinski definition) is 1. The first-order valence-corrected chi connectivity index (χ1v) is 11.5. The molecule has 32 heavy (non-hydrogen) atoms. The van der Waals surface area contributed by atoms with Crippen LogP contribution in [-0.4, -0.2) is 85.5 Å². The van der Waals surface area contributed by atoms with E-state index in [1.165, 1.54) is 7.11 Å². The minimum atomic E-state index is -0.459. The fourth-order valence-electron chi connectivity index (χ4n) is 4.40. The Morgan fingerprint density at radius 3 is 2.28 bits per heavy atom. The van der Waals surface area contributed by atoms with Crippen molar-refractivity contribution < 1.29 is 24.2 Å². The average Bonchev–Trinajstić information content (AvgIpc) is 2.78. The van der Waals surface area contributed by atoms with Crippen molar-refractivity contribution in [3.05, 3.63) is 29.3 Å². The Morgan fingerprint density at radius 1 is 1.06 bits per heavy atom. The van der Waals surface area contributed by atoms with Crippen LogP contribution in [0.4, 0.5) is 10.5 Å². The molecule has 0 aromatic heterocycles. The molecule has 178 valence electrons. The maximum Gasteiger partial charge on any atom is 0.410 e. The highest BCUT2D eigenvalue weighted by Crippen LogP contribution is 2.27. The van der Waals surface area contributed by atoms with Crippen molar-refractivity contribution in [1.29, 1.82) is 0 Å². The minimum absolute atomic E-state index is 0.190. The zero-order valence-corrected chi connectivity index (χ0v) is 19.8. The Labute approximate surface area is 191 Å². The Hall–Kier alpha value is -2.32. The highest BCUT2D eigenvalue weighted by molar-refractivity contribution is 5.91. The maximum atomic E-state index is 12.2.